The summed E-state index contributed by atoms with van der Waals surface area (Å²) in [5.41, 5.74) is 0.122. The lowest BCUT2D eigenvalue weighted by Gasteiger charge is -2.08. The summed E-state index contributed by atoms with van der Waals surface area (Å²) < 4.78 is 1.56. The van der Waals surface area contributed by atoms with E-state index in [4.69, 9.17) is 17.3 Å². The van der Waals surface area contributed by atoms with E-state index in [1.165, 1.54) is 6.20 Å². The molecule has 0 fully saturated rings. The van der Waals surface area contributed by atoms with E-state index in [9.17, 15) is 4.79 Å². The van der Waals surface area contributed by atoms with Gasteiger partial charge in [-0.2, -0.15) is 5.10 Å². The van der Waals surface area contributed by atoms with E-state index in [1.54, 1.807) is 4.68 Å². The van der Waals surface area contributed by atoms with Gasteiger partial charge in [0.2, 0.25) is 0 Å². The Balaban J connectivity index is 2.67. The molecular weight excluding hydrogens is 252 g/mol. The van der Waals surface area contributed by atoms with Crippen molar-refractivity contribution in [3.8, 4) is 0 Å². The zero-order chi connectivity index (χ0) is 13.5. The number of carbonyl (C=O) groups is 1. The quantitative estimate of drug-likeness (QED) is 0.539. The Bertz CT molecular complexity index is 431. The van der Waals surface area contributed by atoms with Crippen LogP contribution in [0, 0.1) is 0 Å². The molecule has 0 radical (unpaired) electrons. The highest BCUT2D eigenvalue weighted by molar-refractivity contribution is 7.80. The van der Waals surface area contributed by atoms with Gasteiger partial charge in [-0.05, 0) is 25.6 Å². The summed E-state index contributed by atoms with van der Waals surface area (Å²) in [6, 6.07) is 0. The molecule has 3 N–H and O–H groups in total. The molecule has 1 heterocycles. The molecule has 0 atom stereocenters. The van der Waals surface area contributed by atoms with Gasteiger partial charge in [-0.25, -0.2) is 4.79 Å². The van der Waals surface area contributed by atoms with Crippen LogP contribution in [0.5, 0.6) is 0 Å². The van der Waals surface area contributed by atoms with Gasteiger partial charge in [-0.3, -0.25) is 4.68 Å². The van der Waals surface area contributed by atoms with Crippen LogP contribution in [0.4, 0.5) is 5.82 Å². The molecule has 0 aromatic carbocycles. The van der Waals surface area contributed by atoms with E-state index in [0.717, 1.165) is 19.4 Å². The lowest BCUT2D eigenvalue weighted by Crippen LogP contribution is -2.30. The second-order valence-electron chi connectivity index (χ2n) is 3.79. The Labute approximate surface area is 111 Å². The molecule has 7 heteroatoms. The molecule has 6 nitrogen and oxygen atoms in total. The minimum atomic E-state index is -1.02. The number of nitrogens with one attached hydrogen (secondary N) is 2. The molecule has 1 aromatic heterocycles. The summed E-state index contributed by atoms with van der Waals surface area (Å²) in [5, 5.41) is 19.4. The van der Waals surface area contributed by atoms with Crippen LogP contribution in [0.25, 0.3) is 0 Å². The second-order valence-corrected chi connectivity index (χ2v) is 4.19. The standard InChI is InChI=1S/C11H18N4O2S/c1-3-5-6-12-11(18)13-9-8(10(16)17)7-15(4-2)14-9/h7H,3-6H2,1-2H3,(H,16,17)(H2,12,13,14,18). The van der Waals surface area contributed by atoms with E-state index in [0.29, 0.717) is 11.7 Å². The molecule has 0 bridgehead atoms. The summed E-state index contributed by atoms with van der Waals surface area (Å²) in [5.74, 6) is -0.744. The van der Waals surface area contributed by atoms with Crippen LogP contribution in [0.15, 0.2) is 6.20 Å². The topological polar surface area (TPSA) is 79.2 Å². The third-order valence-corrected chi connectivity index (χ3v) is 2.61. The largest absolute Gasteiger partial charge is 0.477 e. The maximum atomic E-state index is 11.0. The van der Waals surface area contributed by atoms with Crippen LogP contribution >= 0.6 is 12.2 Å². The number of carboxylic acids is 1. The zero-order valence-electron chi connectivity index (χ0n) is 10.6. The monoisotopic (exact) mass is 270 g/mol. The van der Waals surface area contributed by atoms with Gasteiger partial charge in [0, 0.05) is 19.3 Å². The number of aryl methyl sites for hydroxylation is 1. The highest BCUT2D eigenvalue weighted by atomic mass is 32.1. The summed E-state index contributed by atoms with van der Waals surface area (Å²) in [6.07, 6.45) is 3.57. The lowest BCUT2D eigenvalue weighted by atomic mass is 10.3. The van der Waals surface area contributed by atoms with Crippen LogP contribution in [0.1, 0.15) is 37.0 Å². The van der Waals surface area contributed by atoms with Crippen molar-refractivity contribution >= 4 is 29.1 Å². The maximum absolute atomic E-state index is 11.0. The minimum Gasteiger partial charge on any atom is -0.477 e. The number of hydrogen-bond donors (Lipinski definition) is 3. The number of hydrogen-bond acceptors (Lipinski definition) is 3. The Hall–Kier alpha value is -1.63. The summed E-state index contributed by atoms with van der Waals surface area (Å²) in [4.78, 5) is 11.0. The van der Waals surface area contributed by atoms with E-state index >= 15 is 0 Å². The van der Waals surface area contributed by atoms with Gasteiger partial charge in [0.1, 0.15) is 5.56 Å². The number of thiocarbonyl (C=S) groups is 1. The molecule has 0 aliphatic rings. The average molecular weight is 270 g/mol. The number of rotatable bonds is 6. The number of anilines is 1. The molecular formula is C11H18N4O2S. The number of nitrogens with zero attached hydrogens (tertiary/aromatic N) is 2. The average Bonchev–Trinajstić information content (AvgIpc) is 2.72. The van der Waals surface area contributed by atoms with Gasteiger partial charge in [-0.15, -0.1) is 0 Å². The van der Waals surface area contributed by atoms with Gasteiger partial charge in [-0.1, -0.05) is 13.3 Å². The first kappa shape index (κ1) is 14.4. The summed E-state index contributed by atoms with van der Waals surface area (Å²) >= 11 is 5.08. The first-order chi connectivity index (χ1) is 8.58. The minimum absolute atomic E-state index is 0.122. The van der Waals surface area contributed by atoms with Crippen molar-refractivity contribution in [1.82, 2.24) is 15.1 Å². The van der Waals surface area contributed by atoms with Crippen LogP contribution in [-0.4, -0.2) is 32.5 Å². The molecule has 0 spiro atoms. The smallest absolute Gasteiger partial charge is 0.341 e. The van der Waals surface area contributed by atoms with Crippen molar-refractivity contribution in [3.63, 3.8) is 0 Å². The Morgan fingerprint density at radius 3 is 2.83 bits per heavy atom. The molecule has 0 unspecified atom stereocenters. The predicted octanol–water partition coefficient (Wildman–Crippen LogP) is 1.69. The zero-order valence-corrected chi connectivity index (χ0v) is 11.4. The fourth-order valence-corrected chi connectivity index (χ4v) is 1.56. The molecule has 0 saturated carbocycles. The lowest BCUT2D eigenvalue weighted by molar-refractivity contribution is 0.0698. The molecule has 1 rings (SSSR count). The van der Waals surface area contributed by atoms with Crippen LogP contribution in [0.3, 0.4) is 0 Å². The highest BCUT2D eigenvalue weighted by Gasteiger charge is 2.15. The Kier molecular flexibility index (Phi) is 5.57. The van der Waals surface area contributed by atoms with Crippen molar-refractivity contribution in [1.29, 1.82) is 0 Å². The number of carboxylic acid groups (broad SMARTS) is 1. The van der Waals surface area contributed by atoms with Crippen molar-refractivity contribution in [3.05, 3.63) is 11.8 Å². The van der Waals surface area contributed by atoms with Gasteiger partial charge >= 0.3 is 5.97 Å². The van der Waals surface area contributed by atoms with Gasteiger partial charge in [0.25, 0.3) is 0 Å². The van der Waals surface area contributed by atoms with E-state index in [-0.39, 0.29) is 11.4 Å². The second kappa shape index (κ2) is 6.95. The van der Waals surface area contributed by atoms with Crippen molar-refractivity contribution in [2.45, 2.75) is 33.2 Å². The highest BCUT2D eigenvalue weighted by Crippen LogP contribution is 2.12. The van der Waals surface area contributed by atoms with Gasteiger partial charge in [0.15, 0.2) is 10.9 Å². The number of aromatic nitrogens is 2. The molecule has 0 amide bonds. The van der Waals surface area contributed by atoms with Crippen molar-refractivity contribution in [2.24, 2.45) is 0 Å². The number of aromatic carboxylic acids is 1. The molecule has 0 aliphatic carbocycles. The molecule has 1 aromatic rings. The maximum Gasteiger partial charge on any atom is 0.341 e. The van der Waals surface area contributed by atoms with Crippen molar-refractivity contribution < 1.29 is 9.90 Å². The van der Waals surface area contributed by atoms with E-state index in [1.807, 2.05) is 6.92 Å². The molecule has 18 heavy (non-hydrogen) atoms. The fraction of sp³-hybridized carbons (Fsp3) is 0.545. The Morgan fingerprint density at radius 2 is 2.28 bits per heavy atom. The summed E-state index contributed by atoms with van der Waals surface area (Å²) in [6.45, 7) is 5.35. The third kappa shape index (κ3) is 3.99. The van der Waals surface area contributed by atoms with Crippen LogP contribution in [0.2, 0.25) is 0 Å². The number of unbranched alkanes of at least 4 members (excludes halogenated alkanes) is 1. The van der Waals surface area contributed by atoms with Gasteiger partial charge < -0.3 is 15.7 Å². The van der Waals surface area contributed by atoms with Gasteiger partial charge in [0.05, 0.1) is 0 Å². The third-order valence-electron chi connectivity index (χ3n) is 2.36. The molecule has 0 saturated heterocycles. The molecule has 0 aliphatic heterocycles. The van der Waals surface area contributed by atoms with Crippen LogP contribution in [-0.2, 0) is 6.54 Å². The Morgan fingerprint density at radius 1 is 1.56 bits per heavy atom. The van der Waals surface area contributed by atoms with Crippen molar-refractivity contribution in [2.75, 3.05) is 11.9 Å². The van der Waals surface area contributed by atoms with Crippen LogP contribution < -0.4 is 10.6 Å². The normalized spacial score (nSPS) is 10.1. The predicted molar refractivity (Wildman–Crippen MR) is 74.0 cm³/mol. The van der Waals surface area contributed by atoms with E-state index < -0.39 is 5.97 Å². The van der Waals surface area contributed by atoms with E-state index in [2.05, 4.69) is 22.7 Å². The fourth-order valence-electron chi connectivity index (χ4n) is 1.36. The summed E-state index contributed by atoms with van der Waals surface area (Å²) in [7, 11) is 0. The first-order valence-corrected chi connectivity index (χ1v) is 6.34. The SMILES string of the molecule is CCCCNC(=S)Nc1nn(CC)cc1C(=O)O. The first-order valence-electron chi connectivity index (χ1n) is 5.94. The molecule has 100 valence electrons.